The molecule has 0 spiro atoms. The molecule has 0 saturated heterocycles. The third kappa shape index (κ3) is 5.24. The predicted octanol–water partition coefficient (Wildman–Crippen LogP) is 2.55. The van der Waals surface area contributed by atoms with E-state index in [0.717, 1.165) is 22.9 Å². The highest BCUT2D eigenvalue weighted by Crippen LogP contribution is 2.15. The number of benzene rings is 2. The Balaban J connectivity index is 1.59. The summed E-state index contributed by atoms with van der Waals surface area (Å²) < 4.78 is 28.4. The van der Waals surface area contributed by atoms with Gasteiger partial charge in [-0.15, -0.1) is 5.10 Å². The Labute approximate surface area is 157 Å². The maximum Gasteiger partial charge on any atom is 0.322 e. The second-order valence-electron chi connectivity index (χ2n) is 6.30. The Kier molecular flexibility index (Phi) is 5.36. The molecule has 3 rings (SSSR count). The third-order valence-corrected chi connectivity index (χ3v) is 5.03. The normalized spacial score (nSPS) is 11.3. The van der Waals surface area contributed by atoms with Crippen LogP contribution in [0.5, 0.6) is 0 Å². The Bertz CT molecular complexity index is 1040. The highest BCUT2D eigenvalue weighted by atomic mass is 32.2. The van der Waals surface area contributed by atoms with Gasteiger partial charge in [0.05, 0.1) is 17.7 Å². The molecule has 0 aliphatic rings. The molecule has 0 aliphatic heterocycles. The number of hydrogen-bond donors (Lipinski definition) is 1. The van der Waals surface area contributed by atoms with Crippen molar-refractivity contribution in [3.8, 4) is 0 Å². The fourth-order valence-electron chi connectivity index (χ4n) is 2.46. The van der Waals surface area contributed by atoms with Crippen molar-refractivity contribution in [3.63, 3.8) is 0 Å². The van der Waals surface area contributed by atoms with Crippen molar-refractivity contribution in [2.24, 2.45) is 0 Å². The topological polar surface area (TPSA) is 102 Å². The first-order valence-corrected chi connectivity index (χ1v) is 10.2. The summed E-state index contributed by atoms with van der Waals surface area (Å²) in [5.74, 6) is 0.0827. The van der Waals surface area contributed by atoms with Gasteiger partial charge in [-0.25, -0.2) is 8.42 Å². The summed E-state index contributed by atoms with van der Waals surface area (Å²) in [5.41, 5.74) is 2.85. The smallest absolute Gasteiger partial charge is 0.322 e. The van der Waals surface area contributed by atoms with Crippen LogP contribution in [0.15, 0.2) is 57.8 Å². The number of aromatic nitrogens is 2. The van der Waals surface area contributed by atoms with Crippen LogP contribution in [-0.2, 0) is 27.5 Å². The summed E-state index contributed by atoms with van der Waals surface area (Å²) in [6.45, 7) is 1.98. The second-order valence-corrected chi connectivity index (χ2v) is 8.32. The second kappa shape index (κ2) is 7.71. The molecule has 0 radical (unpaired) electrons. The van der Waals surface area contributed by atoms with Gasteiger partial charge in [-0.2, -0.15) is 0 Å². The van der Waals surface area contributed by atoms with Crippen molar-refractivity contribution in [2.75, 3.05) is 11.6 Å². The van der Waals surface area contributed by atoms with E-state index < -0.39 is 9.84 Å². The maximum atomic E-state index is 12.1. The van der Waals surface area contributed by atoms with Crippen LogP contribution in [-0.4, -0.2) is 30.8 Å². The SMILES string of the molecule is Cc1ccc(CC(=O)Nc2nnc(Cc3ccc(S(C)(=O)=O)cc3)o2)cc1. The highest BCUT2D eigenvalue weighted by Gasteiger charge is 2.12. The van der Waals surface area contributed by atoms with Crippen molar-refractivity contribution in [1.82, 2.24) is 10.2 Å². The highest BCUT2D eigenvalue weighted by molar-refractivity contribution is 7.90. The summed E-state index contributed by atoms with van der Waals surface area (Å²) in [6.07, 6.45) is 1.71. The first kappa shape index (κ1) is 18.8. The monoisotopic (exact) mass is 385 g/mol. The van der Waals surface area contributed by atoms with Crippen molar-refractivity contribution < 1.29 is 17.6 Å². The molecule has 0 atom stereocenters. The lowest BCUT2D eigenvalue weighted by molar-refractivity contribution is -0.115. The quantitative estimate of drug-likeness (QED) is 0.700. The molecule has 0 fully saturated rings. The first-order chi connectivity index (χ1) is 12.8. The molecular formula is C19H19N3O4S. The lowest BCUT2D eigenvalue weighted by Gasteiger charge is -2.02. The molecule has 140 valence electrons. The summed E-state index contributed by atoms with van der Waals surface area (Å²) in [4.78, 5) is 12.3. The van der Waals surface area contributed by atoms with E-state index in [9.17, 15) is 13.2 Å². The Morgan fingerprint density at radius 1 is 1.00 bits per heavy atom. The molecule has 1 heterocycles. The van der Waals surface area contributed by atoms with Crippen LogP contribution in [0.4, 0.5) is 6.01 Å². The number of amides is 1. The van der Waals surface area contributed by atoms with Crippen molar-refractivity contribution in [1.29, 1.82) is 0 Å². The number of rotatable bonds is 6. The number of carbonyl (C=O) groups is 1. The minimum Gasteiger partial charge on any atom is -0.407 e. The molecule has 27 heavy (non-hydrogen) atoms. The Morgan fingerprint density at radius 2 is 1.63 bits per heavy atom. The average molecular weight is 385 g/mol. The number of anilines is 1. The van der Waals surface area contributed by atoms with E-state index in [-0.39, 0.29) is 23.2 Å². The van der Waals surface area contributed by atoms with Crippen molar-refractivity contribution in [3.05, 3.63) is 71.1 Å². The predicted molar refractivity (Wildman–Crippen MR) is 100 cm³/mol. The molecule has 0 aliphatic carbocycles. The number of aryl methyl sites for hydroxylation is 1. The summed E-state index contributed by atoms with van der Waals surface area (Å²) >= 11 is 0. The van der Waals surface area contributed by atoms with E-state index in [1.165, 1.54) is 12.1 Å². The standard InChI is InChI=1S/C19H19N3O4S/c1-13-3-5-14(6-4-13)11-17(23)20-19-22-21-18(26-19)12-15-7-9-16(10-8-15)27(2,24)25/h3-10H,11-12H2,1-2H3,(H,20,22,23). The first-order valence-electron chi connectivity index (χ1n) is 8.26. The van der Waals surface area contributed by atoms with Crippen LogP contribution in [0.3, 0.4) is 0 Å². The molecule has 0 saturated carbocycles. The Hall–Kier alpha value is -3.00. The van der Waals surface area contributed by atoms with E-state index in [4.69, 9.17) is 4.42 Å². The zero-order chi connectivity index (χ0) is 19.4. The van der Waals surface area contributed by atoms with E-state index in [1.807, 2.05) is 31.2 Å². The number of nitrogens with zero attached hydrogens (tertiary/aromatic N) is 2. The number of nitrogens with one attached hydrogen (secondary N) is 1. The molecule has 1 amide bonds. The average Bonchev–Trinajstić information content (AvgIpc) is 3.03. The van der Waals surface area contributed by atoms with Crippen LogP contribution in [0.1, 0.15) is 22.6 Å². The van der Waals surface area contributed by atoms with Gasteiger partial charge >= 0.3 is 6.01 Å². The van der Waals surface area contributed by atoms with Crippen LogP contribution in [0.25, 0.3) is 0 Å². The Morgan fingerprint density at radius 3 is 2.26 bits per heavy atom. The largest absolute Gasteiger partial charge is 0.407 e. The van der Waals surface area contributed by atoms with Crippen LogP contribution in [0, 0.1) is 6.92 Å². The minimum absolute atomic E-state index is 0.0369. The summed E-state index contributed by atoms with van der Waals surface area (Å²) in [6, 6.07) is 14.2. The van der Waals surface area contributed by atoms with Gasteiger partial charge in [0, 0.05) is 6.26 Å². The number of sulfone groups is 1. The lowest BCUT2D eigenvalue weighted by Crippen LogP contribution is -2.14. The van der Waals surface area contributed by atoms with Gasteiger partial charge in [-0.05, 0) is 30.2 Å². The van der Waals surface area contributed by atoms with E-state index in [2.05, 4.69) is 15.5 Å². The van der Waals surface area contributed by atoms with Gasteiger partial charge in [-0.3, -0.25) is 10.1 Å². The molecule has 1 N–H and O–H groups in total. The van der Waals surface area contributed by atoms with Gasteiger partial charge in [0.2, 0.25) is 11.8 Å². The zero-order valence-electron chi connectivity index (χ0n) is 15.0. The fraction of sp³-hybridized carbons (Fsp3) is 0.211. The number of carbonyl (C=O) groups excluding carboxylic acids is 1. The maximum absolute atomic E-state index is 12.1. The van der Waals surface area contributed by atoms with Gasteiger partial charge < -0.3 is 4.42 Å². The molecule has 8 heteroatoms. The minimum atomic E-state index is -3.23. The van der Waals surface area contributed by atoms with E-state index in [1.54, 1.807) is 12.1 Å². The molecule has 2 aromatic carbocycles. The molecule has 0 bridgehead atoms. The van der Waals surface area contributed by atoms with Gasteiger partial charge in [0.15, 0.2) is 9.84 Å². The van der Waals surface area contributed by atoms with Gasteiger partial charge in [0.25, 0.3) is 0 Å². The van der Waals surface area contributed by atoms with E-state index in [0.29, 0.717) is 12.3 Å². The van der Waals surface area contributed by atoms with Crippen LogP contribution < -0.4 is 5.32 Å². The van der Waals surface area contributed by atoms with E-state index >= 15 is 0 Å². The zero-order valence-corrected chi connectivity index (χ0v) is 15.8. The fourth-order valence-corrected chi connectivity index (χ4v) is 3.09. The van der Waals surface area contributed by atoms with Crippen LogP contribution >= 0.6 is 0 Å². The van der Waals surface area contributed by atoms with Crippen molar-refractivity contribution in [2.45, 2.75) is 24.7 Å². The molecule has 1 aromatic heterocycles. The van der Waals surface area contributed by atoms with Crippen molar-refractivity contribution >= 4 is 21.8 Å². The van der Waals surface area contributed by atoms with Gasteiger partial charge in [0.1, 0.15) is 0 Å². The molecular weight excluding hydrogens is 366 g/mol. The third-order valence-electron chi connectivity index (χ3n) is 3.91. The van der Waals surface area contributed by atoms with Crippen LogP contribution in [0.2, 0.25) is 0 Å². The number of hydrogen-bond acceptors (Lipinski definition) is 6. The molecule has 7 nitrogen and oxygen atoms in total. The summed E-state index contributed by atoms with van der Waals surface area (Å²) in [7, 11) is -3.23. The van der Waals surface area contributed by atoms with Gasteiger partial charge in [-0.1, -0.05) is 47.1 Å². The molecule has 3 aromatic rings. The summed E-state index contributed by atoms with van der Waals surface area (Å²) in [5, 5.41) is 10.3. The molecule has 0 unspecified atom stereocenters. The lowest BCUT2D eigenvalue weighted by atomic mass is 10.1.